The summed E-state index contributed by atoms with van der Waals surface area (Å²) in [5.74, 6) is -0.209. The lowest BCUT2D eigenvalue weighted by atomic mass is 9.99. The highest BCUT2D eigenvalue weighted by atomic mass is 16.7. The van der Waals surface area contributed by atoms with Gasteiger partial charge in [-0.05, 0) is 77.6 Å². The predicted octanol–water partition coefficient (Wildman–Crippen LogP) is 7.60. The third-order valence-corrected chi connectivity index (χ3v) is 9.03. The minimum atomic E-state index is -1.58. The van der Waals surface area contributed by atoms with Gasteiger partial charge in [0.15, 0.2) is 6.29 Å². The number of rotatable bonds is 31. The first-order valence-electron chi connectivity index (χ1n) is 20.3. The van der Waals surface area contributed by atoms with Crippen LogP contribution in [0.2, 0.25) is 0 Å². The van der Waals surface area contributed by atoms with Gasteiger partial charge in [-0.3, -0.25) is 4.79 Å². The number of carbonyl (C=O) groups excluding carboxylic acids is 1. The van der Waals surface area contributed by atoms with Gasteiger partial charge in [-0.25, -0.2) is 0 Å². The topological polar surface area (TPSA) is 149 Å². The Balaban J connectivity index is 2.35. The Bertz CT molecular complexity index is 1090. The van der Waals surface area contributed by atoms with Crippen molar-refractivity contribution in [1.29, 1.82) is 0 Å². The zero-order valence-corrected chi connectivity index (χ0v) is 32.7. The number of ether oxygens (including phenoxy) is 2. The van der Waals surface area contributed by atoms with Crippen LogP contribution in [0.4, 0.5) is 0 Å². The Labute approximate surface area is 321 Å². The van der Waals surface area contributed by atoms with Crippen LogP contribution >= 0.6 is 0 Å². The maximum absolute atomic E-state index is 12.9. The van der Waals surface area contributed by atoms with E-state index in [0.717, 1.165) is 83.5 Å². The Hall–Kier alpha value is -2.63. The summed E-state index contributed by atoms with van der Waals surface area (Å²) in [6.45, 7) is 3.36. The molecular weight excluding hydrogens is 670 g/mol. The van der Waals surface area contributed by atoms with E-state index in [1.807, 2.05) is 19.1 Å². The second kappa shape index (κ2) is 33.9. The molecule has 0 spiro atoms. The highest BCUT2D eigenvalue weighted by Crippen LogP contribution is 2.22. The van der Waals surface area contributed by atoms with Gasteiger partial charge in [-0.1, -0.05) is 131 Å². The SMILES string of the molecule is C/C=C/CC/C=C/CC/C=C/C(O)C(COC1OC(CO)C(O)C(O)C1O)NC(=O)CCCCCCCCCC/C=C\C/C=C\C/C=C\C/C=C\CC. The number of unbranched alkanes of at least 4 members (excludes halogenated alkanes) is 10. The summed E-state index contributed by atoms with van der Waals surface area (Å²) in [7, 11) is 0. The molecular formula is C44H73NO8. The number of carbonyl (C=O) groups is 1. The average Bonchev–Trinajstić information content (AvgIpc) is 3.16. The Morgan fingerprint density at radius 2 is 1.21 bits per heavy atom. The van der Waals surface area contributed by atoms with Crippen molar-refractivity contribution in [3.05, 3.63) is 85.1 Å². The molecule has 0 aromatic heterocycles. The van der Waals surface area contributed by atoms with Crippen LogP contribution in [0.1, 0.15) is 129 Å². The maximum Gasteiger partial charge on any atom is 0.220 e. The van der Waals surface area contributed by atoms with Crippen molar-refractivity contribution in [1.82, 2.24) is 5.32 Å². The van der Waals surface area contributed by atoms with Crippen LogP contribution in [0.5, 0.6) is 0 Å². The van der Waals surface area contributed by atoms with Gasteiger partial charge in [0.1, 0.15) is 24.4 Å². The number of aliphatic hydroxyl groups excluding tert-OH is 5. The number of nitrogens with one attached hydrogen (secondary N) is 1. The Kier molecular flexibility index (Phi) is 31.0. The molecule has 53 heavy (non-hydrogen) atoms. The molecule has 1 fully saturated rings. The number of hydrogen-bond acceptors (Lipinski definition) is 8. The predicted molar refractivity (Wildman–Crippen MR) is 216 cm³/mol. The molecule has 0 bridgehead atoms. The van der Waals surface area contributed by atoms with Gasteiger partial charge in [0, 0.05) is 6.42 Å². The largest absolute Gasteiger partial charge is 0.394 e. The summed E-state index contributed by atoms with van der Waals surface area (Å²) >= 11 is 0. The number of aliphatic hydroxyl groups is 5. The summed E-state index contributed by atoms with van der Waals surface area (Å²) < 4.78 is 11.1. The van der Waals surface area contributed by atoms with Crippen LogP contribution in [-0.2, 0) is 14.3 Å². The Morgan fingerprint density at radius 3 is 1.81 bits per heavy atom. The number of allylic oxidation sites excluding steroid dienone is 13. The van der Waals surface area contributed by atoms with Gasteiger partial charge in [-0.15, -0.1) is 0 Å². The van der Waals surface area contributed by atoms with Crippen LogP contribution in [0.3, 0.4) is 0 Å². The summed E-state index contributed by atoms with van der Waals surface area (Å²) in [4.78, 5) is 12.9. The fraction of sp³-hybridized carbons (Fsp3) is 0.659. The van der Waals surface area contributed by atoms with Gasteiger partial charge < -0.3 is 40.3 Å². The molecule has 7 atom stereocenters. The van der Waals surface area contributed by atoms with Crippen molar-refractivity contribution in [2.45, 2.75) is 172 Å². The van der Waals surface area contributed by atoms with Gasteiger partial charge in [0.25, 0.3) is 0 Å². The first kappa shape index (κ1) is 48.4. The average molecular weight is 744 g/mol. The molecule has 1 aliphatic heterocycles. The maximum atomic E-state index is 12.9. The number of amides is 1. The molecule has 302 valence electrons. The fourth-order valence-corrected chi connectivity index (χ4v) is 5.77. The molecule has 9 heteroatoms. The highest BCUT2D eigenvalue weighted by molar-refractivity contribution is 5.76. The molecule has 6 N–H and O–H groups in total. The van der Waals surface area contributed by atoms with Gasteiger partial charge >= 0.3 is 0 Å². The standard InChI is InChI=1S/C44H73NO8/c1-3-5-7-9-11-13-14-15-16-17-18-19-20-21-22-23-24-26-28-30-32-34-40(48)45-37(38(47)33-31-29-27-25-12-10-8-6-4-2)36-52-44-43(51)42(50)41(49)39(35-46)53-44/h4-7,11-13,15-16,18-19,25,31,33,37-39,41-44,46-47,49-51H,3,8-10,14,17,20-24,26-30,32,34-36H2,1-2H3,(H,45,48)/b6-4+,7-5-,13-11-,16-15-,19-18-,25-12+,33-31+. The van der Waals surface area contributed by atoms with Gasteiger partial charge in [0.05, 0.1) is 25.4 Å². The van der Waals surface area contributed by atoms with Crippen molar-refractivity contribution in [3.63, 3.8) is 0 Å². The normalized spacial score (nSPS) is 22.6. The number of hydrogen-bond donors (Lipinski definition) is 6. The quantitative estimate of drug-likeness (QED) is 0.0314. The van der Waals surface area contributed by atoms with E-state index in [-0.39, 0.29) is 12.5 Å². The Morgan fingerprint density at radius 1 is 0.679 bits per heavy atom. The minimum Gasteiger partial charge on any atom is -0.394 e. The smallest absolute Gasteiger partial charge is 0.220 e. The molecule has 1 heterocycles. The molecule has 1 amide bonds. The zero-order chi connectivity index (χ0) is 38.8. The third kappa shape index (κ3) is 25.1. The monoisotopic (exact) mass is 744 g/mol. The summed E-state index contributed by atoms with van der Waals surface area (Å²) in [6.07, 6.45) is 39.4. The summed E-state index contributed by atoms with van der Waals surface area (Å²) in [6, 6.07) is -0.834. The van der Waals surface area contributed by atoms with Crippen molar-refractivity contribution in [2.75, 3.05) is 13.2 Å². The van der Waals surface area contributed by atoms with Gasteiger partial charge in [-0.2, -0.15) is 0 Å². The summed E-state index contributed by atoms with van der Waals surface area (Å²) in [5, 5.41) is 53.8. The van der Waals surface area contributed by atoms with E-state index in [0.29, 0.717) is 6.42 Å². The second-order valence-electron chi connectivity index (χ2n) is 13.7. The van der Waals surface area contributed by atoms with Crippen LogP contribution < -0.4 is 5.32 Å². The molecule has 0 aromatic carbocycles. The van der Waals surface area contributed by atoms with E-state index in [1.54, 1.807) is 6.08 Å². The van der Waals surface area contributed by atoms with Crippen LogP contribution in [0, 0.1) is 0 Å². The lowest BCUT2D eigenvalue weighted by Gasteiger charge is -2.40. The summed E-state index contributed by atoms with van der Waals surface area (Å²) in [5.41, 5.74) is 0. The second-order valence-corrected chi connectivity index (χ2v) is 13.7. The van der Waals surface area contributed by atoms with Crippen molar-refractivity contribution >= 4 is 5.91 Å². The van der Waals surface area contributed by atoms with Crippen LogP contribution in [0.25, 0.3) is 0 Å². The highest BCUT2D eigenvalue weighted by Gasteiger charge is 2.44. The van der Waals surface area contributed by atoms with Crippen molar-refractivity contribution < 1.29 is 39.8 Å². The molecule has 1 aliphatic rings. The lowest BCUT2D eigenvalue weighted by molar-refractivity contribution is -0.302. The fourth-order valence-electron chi connectivity index (χ4n) is 5.77. The molecule has 9 nitrogen and oxygen atoms in total. The van der Waals surface area contributed by atoms with E-state index in [2.05, 4.69) is 79.1 Å². The molecule has 0 saturated carbocycles. The molecule has 7 unspecified atom stereocenters. The van der Waals surface area contributed by atoms with E-state index >= 15 is 0 Å². The molecule has 0 radical (unpaired) electrons. The third-order valence-electron chi connectivity index (χ3n) is 9.03. The first-order chi connectivity index (χ1) is 25.8. The molecule has 1 rings (SSSR count). The molecule has 0 aromatic rings. The van der Waals surface area contributed by atoms with Gasteiger partial charge in [0.2, 0.25) is 5.91 Å². The van der Waals surface area contributed by atoms with Crippen molar-refractivity contribution in [2.24, 2.45) is 0 Å². The van der Waals surface area contributed by atoms with E-state index in [4.69, 9.17) is 9.47 Å². The van der Waals surface area contributed by atoms with E-state index in [1.165, 1.54) is 25.7 Å². The lowest BCUT2D eigenvalue weighted by Crippen LogP contribution is -2.60. The van der Waals surface area contributed by atoms with E-state index in [9.17, 15) is 30.3 Å². The first-order valence-corrected chi connectivity index (χ1v) is 20.3. The zero-order valence-electron chi connectivity index (χ0n) is 32.7. The molecule has 1 saturated heterocycles. The van der Waals surface area contributed by atoms with Crippen molar-refractivity contribution in [3.8, 4) is 0 Å². The van der Waals surface area contributed by atoms with Crippen LogP contribution in [-0.4, -0.2) is 87.5 Å². The van der Waals surface area contributed by atoms with E-state index < -0.39 is 49.5 Å². The van der Waals surface area contributed by atoms with Crippen LogP contribution in [0.15, 0.2) is 85.1 Å². The molecule has 0 aliphatic carbocycles. The minimum absolute atomic E-state index is 0.209.